The molecule has 4 rings (SSSR count). The molecule has 0 bridgehead atoms. The maximum atomic E-state index is 13.7. The van der Waals surface area contributed by atoms with Gasteiger partial charge in [0, 0.05) is 17.9 Å². The number of urea groups is 1. The molecular formula is C30H36N6O2. The van der Waals surface area contributed by atoms with E-state index in [1.54, 1.807) is 29.2 Å². The first-order chi connectivity index (χ1) is 18.2. The molecule has 6 N–H and O–H groups in total. The molecule has 0 aromatic heterocycles. The number of rotatable bonds is 10. The summed E-state index contributed by atoms with van der Waals surface area (Å²) < 4.78 is 0. The highest BCUT2D eigenvalue weighted by Gasteiger charge is 2.49. The monoisotopic (exact) mass is 512 g/mol. The van der Waals surface area contributed by atoms with Gasteiger partial charge in [-0.05, 0) is 66.1 Å². The molecule has 198 valence electrons. The van der Waals surface area contributed by atoms with Crippen molar-refractivity contribution >= 4 is 29.3 Å². The van der Waals surface area contributed by atoms with Crippen LogP contribution in [0.15, 0.2) is 78.9 Å². The van der Waals surface area contributed by atoms with Gasteiger partial charge in [0.1, 0.15) is 5.54 Å². The van der Waals surface area contributed by atoms with E-state index in [9.17, 15) is 9.59 Å². The number of hydrogen-bond acceptors (Lipinski definition) is 4. The standard InChI is InChI=1S/C30H36N6O2/c1-21(2)18-30(17-16-22-6-4-3-5-7-22)27(37)36(28(32)35-30)20-24-10-8-23(9-11-24)19-33-29(38)34-26-14-12-25(31)13-15-26/h3-15,21H,16-20,31H2,1-2H3,(H2,32,35)(H2,33,34,38). The first-order valence-electron chi connectivity index (χ1n) is 12.9. The van der Waals surface area contributed by atoms with Crippen LogP contribution in [-0.4, -0.2) is 28.3 Å². The number of carbonyl (C=O) groups excluding carboxylic acids is 2. The van der Waals surface area contributed by atoms with Gasteiger partial charge in [-0.25, -0.2) is 4.79 Å². The molecule has 1 saturated heterocycles. The van der Waals surface area contributed by atoms with Gasteiger partial charge in [0.25, 0.3) is 5.91 Å². The second kappa shape index (κ2) is 11.8. The third-order valence-corrected chi connectivity index (χ3v) is 6.71. The number of nitrogens with one attached hydrogen (secondary N) is 4. The summed E-state index contributed by atoms with van der Waals surface area (Å²) in [6, 6.07) is 24.5. The number of amides is 3. The zero-order chi connectivity index (χ0) is 27.1. The van der Waals surface area contributed by atoms with Crippen LogP contribution in [0.5, 0.6) is 0 Å². The average Bonchev–Trinajstić information content (AvgIpc) is 3.12. The largest absolute Gasteiger partial charge is 0.399 e. The van der Waals surface area contributed by atoms with E-state index in [-0.39, 0.29) is 17.9 Å². The van der Waals surface area contributed by atoms with E-state index >= 15 is 0 Å². The van der Waals surface area contributed by atoms with E-state index in [1.165, 1.54) is 5.56 Å². The van der Waals surface area contributed by atoms with Crippen molar-refractivity contribution < 1.29 is 9.59 Å². The summed E-state index contributed by atoms with van der Waals surface area (Å²) in [4.78, 5) is 27.4. The van der Waals surface area contributed by atoms with Crippen LogP contribution in [-0.2, 0) is 24.3 Å². The van der Waals surface area contributed by atoms with E-state index < -0.39 is 5.54 Å². The number of nitrogens with two attached hydrogens (primary N) is 1. The maximum Gasteiger partial charge on any atom is 0.319 e. The summed E-state index contributed by atoms with van der Waals surface area (Å²) >= 11 is 0. The molecule has 3 aromatic carbocycles. The molecule has 0 radical (unpaired) electrons. The minimum Gasteiger partial charge on any atom is -0.399 e. The van der Waals surface area contributed by atoms with Gasteiger partial charge in [0.05, 0.1) is 6.54 Å². The van der Waals surface area contributed by atoms with Crippen LogP contribution >= 0.6 is 0 Å². The Labute approximate surface area is 224 Å². The fraction of sp³-hybridized carbons (Fsp3) is 0.300. The van der Waals surface area contributed by atoms with E-state index in [0.717, 1.165) is 17.5 Å². The molecule has 0 spiro atoms. The number of nitrogen functional groups attached to an aromatic ring is 1. The number of anilines is 2. The highest BCUT2D eigenvalue weighted by atomic mass is 16.2. The summed E-state index contributed by atoms with van der Waals surface area (Å²) in [5.41, 5.74) is 9.23. The number of carbonyl (C=O) groups is 2. The first-order valence-corrected chi connectivity index (χ1v) is 12.9. The number of nitrogens with zero attached hydrogens (tertiary/aromatic N) is 1. The molecule has 1 fully saturated rings. The van der Waals surface area contributed by atoms with Crippen LogP contribution in [0.4, 0.5) is 16.2 Å². The van der Waals surface area contributed by atoms with Gasteiger partial charge in [-0.3, -0.25) is 15.1 Å². The third-order valence-electron chi connectivity index (χ3n) is 6.71. The molecule has 1 atom stereocenters. The van der Waals surface area contributed by atoms with Crippen LogP contribution < -0.4 is 21.7 Å². The van der Waals surface area contributed by atoms with E-state index in [2.05, 4.69) is 41.9 Å². The van der Waals surface area contributed by atoms with Crippen molar-refractivity contribution in [2.75, 3.05) is 11.1 Å². The lowest BCUT2D eigenvalue weighted by atomic mass is 9.83. The Morgan fingerprint density at radius 1 is 0.974 bits per heavy atom. The van der Waals surface area contributed by atoms with Gasteiger partial charge < -0.3 is 21.7 Å². The normalized spacial score (nSPS) is 17.0. The van der Waals surface area contributed by atoms with Crippen LogP contribution in [0.3, 0.4) is 0 Å². The molecule has 0 aliphatic carbocycles. The van der Waals surface area contributed by atoms with Crippen LogP contribution in [0.1, 0.15) is 43.4 Å². The smallest absolute Gasteiger partial charge is 0.319 e. The number of aryl methyl sites for hydroxylation is 1. The Balaban J connectivity index is 1.35. The molecule has 1 aliphatic heterocycles. The maximum absolute atomic E-state index is 13.7. The Hall–Kier alpha value is -4.33. The van der Waals surface area contributed by atoms with Crippen LogP contribution in [0, 0.1) is 11.3 Å². The van der Waals surface area contributed by atoms with Crippen LogP contribution in [0.2, 0.25) is 0 Å². The summed E-state index contributed by atoms with van der Waals surface area (Å²) in [6.45, 7) is 4.89. The summed E-state index contributed by atoms with van der Waals surface area (Å²) in [7, 11) is 0. The third kappa shape index (κ3) is 6.70. The fourth-order valence-corrected chi connectivity index (χ4v) is 4.84. The fourth-order valence-electron chi connectivity index (χ4n) is 4.84. The Morgan fingerprint density at radius 2 is 1.63 bits per heavy atom. The highest BCUT2D eigenvalue weighted by Crippen LogP contribution is 2.31. The molecule has 0 saturated carbocycles. The molecule has 1 aliphatic rings. The van der Waals surface area contributed by atoms with Gasteiger partial charge in [-0.2, -0.15) is 0 Å². The second-order valence-electron chi connectivity index (χ2n) is 10.3. The highest BCUT2D eigenvalue weighted by molar-refractivity contribution is 6.07. The van der Waals surface area contributed by atoms with E-state index in [0.29, 0.717) is 43.2 Å². The van der Waals surface area contributed by atoms with Crippen molar-refractivity contribution in [2.24, 2.45) is 5.92 Å². The van der Waals surface area contributed by atoms with Gasteiger partial charge in [-0.1, -0.05) is 68.4 Å². The van der Waals surface area contributed by atoms with Crippen LogP contribution in [0.25, 0.3) is 0 Å². The molecular weight excluding hydrogens is 476 g/mol. The Morgan fingerprint density at radius 3 is 2.29 bits per heavy atom. The van der Waals surface area contributed by atoms with Crippen molar-refractivity contribution in [1.82, 2.24) is 15.5 Å². The van der Waals surface area contributed by atoms with Crippen molar-refractivity contribution in [3.8, 4) is 0 Å². The van der Waals surface area contributed by atoms with E-state index in [4.69, 9.17) is 11.1 Å². The Kier molecular flexibility index (Phi) is 8.31. The molecule has 1 heterocycles. The lowest BCUT2D eigenvalue weighted by Gasteiger charge is -2.29. The number of hydrogen-bond donors (Lipinski definition) is 5. The minimum absolute atomic E-state index is 0.0442. The minimum atomic E-state index is -0.775. The second-order valence-corrected chi connectivity index (χ2v) is 10.3. The average molecular weight is 513 g/mol. The van der Waals surface area contributed by atoms with Crippen molar-refractivity contribution in [3.05, 3.63) is 95.6 Å². The molecule has 3 amide bonds. The van der Waals surface area contributed by atoms with Crippen molar-refractivity contribution in [2.45, 2.75) is 51.7 Å². The topological polar surface area (TPSA) is 123 Å². The van der Waals surface area contributed by atoms with Crippen molar-refractivity contribution in [3.63, 3.8) is 0 Å². The van der Waals surface area contributed by atoms with Gasteiger partial charge >= 0.3 is 6.03 Å². The zero-order valence-corrected chi connectivity index (χ0v) is 22.0. The molecule has 8 nitrogen and oxygen atoms in total. The Bertz CT molecular complexity index is 1260. The lowest BCUT2D eigenvalue weighted by molar-refractivity contribution is -0.132. The quantitative estimate of drug-likeness (QED) is 0.249. The predicted octanol–water partition coefficient (Wildman–Crippen LogP) is 4.87. The molecule has 3 aromatic rings. The van der Waals surface area contributed by atoms with E-state index in [1.807, 2.05) is 42.5 Å². The first kappa shape index (κ1) is 26.7. The van der Waals surface area contributed by atoms with Gasteiger partial charge in [0.15, 0.2) is 5.96 Å². The molecule has 1 unspecified atom stereocenters. The molecule has 8 heteroatoms. The number of guanidine groups is 1. The van der Waals surface area contributed by atoms with Gasteiger partial charge in [0.2, 0.25) is 0 Å². The number of benzene rings is 3. The lowest BCUT2D eigenvalue weighted by Crippen LogP contribution is -2.48. The summed E-state index contributed by atoms with van der Waals surface area (Å²) in [6.07, 6.45) is 2.07. The molecule has 38 heavy (non-hydrogen) atoms. The summed E-state index contributed by atoms with van der Waals surface area (Å²) in [5, 5.41) is 17.4. The van der Waals surface area contributed by atoms with Gasteiger partial charge in [-0.15, -0.1) is 0 Å². The SMILES string of the molecule is CC(C)CC1(CCc2ccccc2)NC(=N)N(Cc2ccc(CNC(=O)Nc3ccc(N)cc3)cc2)C1=O. The predicted molar refractivity (Wildman–Crippen MR) is 152 cm³/mol. The van der Waals surface area contributed by atoms with Crippen molar-refractivity contribution in [1.29, 1.82) is 5.41 Å². The summed E-state index contributed by atoms with van der Waals surface area (Å²) in [5.74, 6) is 0.407. The zero-order valence-electron chi connectivity index (χ0n) is 22.0.